The van der Waals surface area contributed by atoms with Crippen molar-refractivity contribution in [1.82, 2.24) is 0 Å². The molecule has 0 aromatic carbocycles. The van der Waals surface area contributed by atoms with Crippen LogP contribution in [0.5, 0.6) is 0 Å². The molecule has 0 aliphatic carbocycles. The predicted octanol–water partition coefficient (Wildman–Crippen LogP) is 2.94. The third kappa shape index (κ3) is 3.40. The highest BCUT2D eigenvalue weighted by Crippen LogP contribution is 2.43. The van der Waals surface area contributed by atoms with Crippen molar-refractivity contribution in [2.45, 2.75) is 76.5 Å². The minimum absolute atomic E-state index is 0.0332. The molecular formula is C15H28O3Si. The molecule has 0 amide bonds. The van der Waals surface area contributed by atoms with Gasteiger partial charge >= 0.3 is 0 Å². The number of terminal acetylenes is 1. The lowest BCUT2D eigenvalue weighted by atomic mass is 10.2. The van der Waals surface area contributed by atoms with Crippen LogP contribution in [-0.4, -0.2) is 38.3 Å². The fourth-order valence-corrected chi connectivity index (χ4v) is 8.84. The van der Waals surface area contributed by atoms with Gasteiger partial charge in [0.25, 0.3) is 0 Å². The van der Waals surface area contributed by atoms with Gasteiger partial charge in [-0.15, -0.1) is 6.42 Å². The first-order valence-electron chi connectivity index (χ1n) is 7.20. The van der Waals surface area contributed by atoms with Crippen LogP contribution in [0.1, 0.15) is 41.5 Å². The second-order valence-corrected chi connectivity index (χ2v) is 11.8. The maximum atomic E-state index is 9.52. The Hall–Kier alpha value is -0.343. The molecule has 0 bridgehead atoms. The maximum Gasteiger partial charge on any atom is 0.200 e. The molecule has 1 N–H and O–H groups in total. The summed E-state index contributed by atoms with van der Waals surface area (Å²) in [6.45, 7) is 14.1. The molecule has 1 aliphatic heterocycles. The van der Waals surface area contributed by atoms with Gasteiger partial charge in [0.15, 0.2) is 8.32 Å². The first-order valence-corrected chi connectivity index (χ1v) is 9.35. The highest BCUT2D eigenvalue weighted by atomic mass is 28.4. The highest BCUT2D eigenvalue weighted by Gasteiger charge is 2.49. The quantitative estimate of drug-likeness (QED) is 0.444. The van der Waals surface area contributed by atoms with Crippen LogP contribution in [0.3, 0.4) is 0 Å². The first kappa shape index (κ1) is 16.7. The Labute approximate surface area is 118 Å². The SMILES string of the molecule is C#C[C@@H](O)C1O[C@@H]1CO[Si](C(C)C)(C(C)C)C(C)C. The van der Waals surface area contributed by atoms with E-state index in [1.807, 2.05) is 0 Å². The second kappa shape index (κ2) is 6.40. The van der Waals surface area contributed by atoms with Crippen molar-refractivity contribution in [3.8, 4) is 12.3 Å². The molecule has 0 saturated carbocycles. The summed E-state index contributed by atoms with van der Waals surface area (Å²) >= 11 is 0. The van der Waals surface area contributed by atoms with Crippen molar-refractivity contribution < 1.29 is 14.3 Å². The van der Waals surface area contributed by atoms with Crippen LogP contribution < -0.4 is 0 Å². The molecule has 1 aliphatic rings. The van der Waals surface area contributed by atoms with Gasteiger partial charge < -0.3 is 14.3 Å². The van der Waals surface area contributed by atoms with E-state index < -0.39 is 14.4 Å². The largest absolute Gasteiger partial charge is 0.413 e. The molecule has 1 unspecified atom stereocenters. The topological polar surface area (TPSA) is 42.0 Å². The number of hydrogen-bond acceptors (Lipinski definition) is 3. The maximum absolute atomic E-state index is 9.52. The zero-order chi connectivity index (χ0) is 14.8. The summed E-state index contributed by atoms with van der Waals surface area (Å²) in [5, 5.41) is 9.52. The van der Waals surface area contributed by atoms with Crippen molar-refractivity contribution in [2.24, 2.45) is 0 Å². The van der Waals surface area contributed by atoms with E-state index in [4.69, 9.17) is 15.6 Å². The Bertz CT molecular complexity index is 311. The number of aliphatic hydroxyl groups excluding tert-OH is 1. The molecule has 110 valence electrons. The van der Waals surface area contributed by atoms with Gasteiger partial charge in [-0.3, -0.25) is 0 Å². The Morgan fingerprint density at radius 3 is 2.00 bits per heavy atom. The summed E-state index contributed by atoms with van der Waals surface area (Å²) in [6.07, 6.45) is 4.12. The summed E-state index contributed by atoms with van der Waals surface area (Å²) in [6, 6.07) is 0. The Morgan fingerprint density at radius 2 is 1.63 bits per heavy atom. The van der Waals surface area contributed by atoms with E-state index in [0.717, 1.165) is 0 Å². The van der Waals surface area contributed by atoms with Gasteiger partial charge in [0, 0.05) is 0 Å². The monoisotopic (exact) mass is 284 g/mol. The first-order chi connectivity index (χ1) is 8.77. The van der Waals surface area contributed by atoms with Crippen LogP contribution >= 0.6 is 0 Å². The standard InChI is InChI=1S/C15H28O3Si/c1-8-13(16)15-14(18-15)9-17-19(10(2)3,11(4)5)12(6)7/h1,10-16H,9H2,2-7H3/t13-,14-,15?/m1/s1. The molecule has 3 atom stereocenters. The van der Waals surface area contributed by atoms with Gasteiger partial charge in [-0.05, 0) is 16.6 Å². The van der Waals surface area contributed by atoms with Gasteiger partial charge in [0.1, 0.15) is 18.3 Å². The number of hydrogen-bond donors (Lipinski definition) is 1. The molecule has 0 spiro atoms. The Kier molecular flexibility index (Phi) is 5.63. The van der Waals surface area contributed by atoms with Gasteiger partial charge in [0.2, 0.25) is 0 Å². The minimum atomic E-state index is -1.84. The van der Waals surface area contributed by atoms with Crippen molar-refractivity contribution in [3.05, 3.63) is 0 Å². The normalized spacial score (nSPS) is 24.9. The molecule has 1 fully saturated rings. The average Bonchev–Trinajstić information content (AvgIpc) is 3.07. The van der Waals surface area contributed by atoms with E-state index in [0.29, 0.717) is 23.2 Å². The summed E-state index contributed by atoms with van der Waals surface area (Å²) in [7, 11) is -1.84. The zero-order valence-corrected chi connectivity index (χ0v) is 14.0. The lowest BCUT2D eigenvalue weighted by Crippen LogP contribution is -2.48. The number of rotatable bonds is 7. The molecule has 4 heteroatoms. The third-order valence-electron chi connectivity index (χ3n) is 4.31. The molecule has 0 aromatic rings. The fraction of sp³-hybridized carbons (Fsp3) is 0.867. The van der Waals surface area contributed by atoms with Gasteiger partial charge in [-0.1, -0.05) is 47.5 Å². The van der Waals surface area contributed by atoms with Crippen molar-refractivity contribution >= 4 is 8.32 Å². The minimum Gasteiger partial charge on any atom is -0.413 e. The lowest BCUT2D eigenvalue weighted by molar-refractivity contribution is 0.184. The van der Waals surface area contributed by atoms with Crippen LogP contribution in [0, 0.1) is 12.3 Å². The zero-order valence-electron chi connectivity index (χ0n) is 13.0. The van der Waals surface area contributed by atoms with Crippen LogP contribution in [-0.2, 0) is 9.16 Å². The van der Waals surface area contributed by atoms with E-state index >= 15 is 0 Å². The van der Waals surface area contributed by atoms with Crippen molar-refractivity contribution in [1.29, 1.82) is 0 Å². The third-order valence-corrected chi connectivity index (χ3v) is 10.4. The predicted molar refractivity (Wildman–Crippen MR) is 80.5 cm³/mol. The Balaban J connectivity index is 2.64. The molecule has 1 saturated heterocycles. The molecule has 0 radical (unpaired) electrons. The van der Waals surface area contributed by atoms with E-state index in [2.05, 4.69) is 47.5 Å². The number of ether oxygens (including phenoxy) is 1. The summed E-state index contributed by atoms with van der Waals surface area (Å²) in [5.74, 6) is 2.31. The average molecular weight is 284 g/mol. The van der Waals surface area contributed by atoms with E-state index in [-0.39, 0.29) is 12.2 Å². The Morgan fingerprint density at radius 1 is 1.16 bits per heavy atom. The highest BCUT2D eigenvalue weighted by molar-refractivity contribution is 6.77. The molecular weight excluding hydrogens is 256 g/mol. The van der Waals surface area contributed by atoms with E-state index in [9.17, 15) is 5.11 Å². The van der Waals surface area contributed by atoms with Crippen LogP contribution in [0.15, 0.2) is 0 Å². The van der Waals surface area contributed by atoms with Crippen molar-refractivity contribution in [2.75, 3.05) is 6.61 Å². The lowest BCUT2D eigenvalue weighted by Gasteiger charge is -2.42. The van der Waals surface area contributed by atoms with E-state index in [1.165, 1.54) is 0 Å². The number of aliphatic hydroxyl groups is 1. The van der Waals surface area contributed by atoms with Crippen LogP contribution in [0.4, 0.5) is 0 Å². The molecule has 1 heterocycles. The van der Waals surface area contributed by atoms with E-state index in [1.54, 1.807) is 0 Å². The fourth-order valence-electron chi connectivity index (χ4n) is 3.39. The van der Waals surface area contributed by atoms with Gasteiger partial charge in [0.05, 0.1) is 6.61 Å². The van der Waals surface area contributed by atoms with Crippen molar-refractivity contribution in [3.63, 3.8) is 0 Å². The van der Waals surface area contributed by atoms with Crippen LogP contribution in [0.2, 0.25) is 16.6 Å². The number of epoxide rings is 1. The molecule has 1 rings (SSSR count). The molecule has 3 nitrogen and oxygen atoms in total. The van der Waals surface area contributed by atoms with Gasteiger partial charge in [-0.2, -0.15) is 0 Å². The smallest absolute Gasteiger partial charge is 0.200 e. The summed E-state index contributed by atoms with van der Waals surface area (Å²) < 4.78 is 11.8. The summed E-state index contributed by atoms with van der Waals surface area (Å²) in [5.41, 5.74) is 1.67. The molecule has 0 aromatic heterocycles. The van der Waals surface area contributed by atoms with Crippen LogP contribution in [0.25, 0.3) is 0 Å². The second-order valence-electron chi connectivity index (χ2n) is 6.38. The molecule has 19 heavy (non-hydrogen) atoms. The summed E-state index contributed by atoms with van der Waals surface area (Å²) in [4.78, 5) is 0. The van der Waals surface area contributed by atoms with Gasteiger partial charge in [-0.25, -0.2) is 0 Å².